The molecule has 216 valence electrons. The summed E-state index contributed by atoms with van der Waals surface area (Å²) in [4.78, 5) is 34.1. The molecule has 0 aliphatic heterocycles. The van der Waals surface area contributed by atoms with E-state index < -0.39 is 23.8 Å². The summed E-state index contributed by atoms with van der Waals surface area (Å²) in [5, 5.41) is 11.9. The van der Waals surface area contributed by atoms with Crippen LogP contribution in [0.4, 0.5) is 13.2 Å². The van der Waals surface area contributed by atoms with E-state index in [4.69, 9.17) is 21.4 Å². The molecule has 1 fully saturated rings. The van der Waals surface area contributed by atoms with Gasteiger partial charge in [0, 0.05) is 31.0 Å². The Morgan fingerprint density at radius 1 is 1.12 bits per heavy atom. The number of aliphatic hydroxyl groups is 1. The molecule has 1 aliphatic carbocycles. The lowest BCUT2D eigenvalue weighted by molar-refractivity contribution is 0.0904. The number of carbonyl (C=O) groups excluding carboxylic acids is 1. The first kappa shape index (κ1) is 28.6. The Morgan fingerprint density at radius 2 is 1.90 bits per heavy atom. The number of fused-ring (bicyclic) bond motifs is 1. The number of hydrogen-bond donors (Lipinski definition) is 2. The molecule has 0 bridgehead atoms. The summed E-state index contributed by atoms with van der Waals surface area (Å²) in [6.07, 6.45) is 2.11. The van der Waals surface area contributed by atoms with Gasteiger partial charge in [-0.3, -0.25) is 18.9 Å². The lowest BCUT2D eigenvalue weighted by atomic mass is 9.85. The van der Waals surface area contributed by atoms with Crippen LogP contribution in [0.3, 0.4) is 0 Å². The van der Waals surface area contributed by atoms with E-state index in [9.17, 15) is 22.8 Å². The number of aliphatic hydroxyl groups excluding tert-OH is 1. The molecule has 0 saturated heterocycles. The molecule has 0 spiro atoms. The lowest BCUT2D eigenvalue weighted by Gasteiger charge is -2.29. The number of rotatable bonds is 9. The summed E-state index contributed by atoms with van der Waals surface area (Å²) in [6.45, 7) is 0.189. The number of imidazole rings is 1. The van der Waals surface area contributed by atoms with Crippen LogP contribution < -0.4 is 15.7 Å². The fourth-order valence-corrected chi connectivity index (χ4v) is 5.40. The van der Waals surface area contributed by atoms with Crippen LogP contribution in [0.1, 0.15) is 48.2 Å². The largest absolute Gasteiger partial charge is 0.475 e. The van der Waals surface area contributed by atoms with E-state index in [1.165, 1.54) is 29.0 Å². The van der Waals surface area contributed by atoms with Gasteiger partial charge in [0.25, 0.3) is 12.3 Å². The quantitative estimate of drug-likeness (QED) is 0.293. The molecule has 3 heterocycles. The highest BCUT2D eigenvalue weighted by atomic mass is 35.5. The molecule has 0 atom stereocenters. The number of hydrogen-bond acceptors (Lipinski definition) is 6. The van der Waals surface area contributed by atoms with Crippen LogP contribution in [-0.2, 0) is 6.54 Å². The second kappa shape index (κ2) is 12.3. The number of carbonyl (C=O) groups is 1. The van der Waals surface area contributed by atoms with Crippen molar-refractivity contribution in [3.63, 3.8) is 0 Å². The third-order valence-electron chi connectivity index (χ3n) is 7.17. The second-order valence-electron chi connectivity index (χ2n) is 9.86. The number of alkyl halides is 2. The van der Waals surface area contributed by atoms with Crippen molar-refractivity contribution in [2.45, 2.75) is 44.7 Å². The Labute approximate surface area is 237 Å². The summed E-state index contributed by atoms with van der Waals surface area (Å²) >= 11 is 5.88. The summed E-state index contributed by atoms with van der Waals surface area (Å²) in [7, 11) is 0. The van der Waals surface area contributed by atoms with Crippen LogP contribution in [0.5, 0.6) is 5.88 Å². The molecule has 1 aliphatic rings. The summed E-state index contributed by atoms with van der Waals surface area (Å²) in [6, 6.07) is 8.31. The summed E-state index contributed by atoms with van der Waals surface area (Å²) in [5.74, 6) is -0.835. The van der Waals surface area contributed by atoms with Gasteiger partial charge in [-0.05, 0) is 61.9 Å². The average molecular weight is 590 g/mol. The SMILES string of the molecule is O=C(N[C@H]1CC[C@H](Cn2c(=O)n(-c3ccnc(OCCO)c3)c3ccc(F)cc32)CC1)c1cc(Cl)cnc1C(F)F. The van der Waals surface area contributed by atoms with Crippen LogP contribution >= 0.6 is 11.6 Å². The van der Waals surface area contributed by atoms with Crippen molar-refractivity contribution in [2.24, 2.45) is 5.92 Å². The molecular weight excluding hydrogens is 563 g/mol. The van der Waals surface area contributed by atoms with Gasteiger partial charge in [0.1, 0.15) is 18.1 Å². The maximum Gasteiger partial charge on any atom is 0.333 e. The Hall–Kier alpha value is -3.90. The van der Waals surface area contributed by atoms with Crippen LogP contribution in [0.15, 0.2) is 53.6 Å². The van der Waals surface area contributed by atoms with E-state index >= 15 is 0 Å². The zero-order chi connectivity index (χ0) is 29.1. The topological polar surface area (TPSA) is 111 Å². The lowest BCUT2D eigenvalue weighted by Crippen LogP contribution is -2.39. The first-order valence-corrected chi connectivity index (χ1v) is 13.5. The van der Waals surface area contributed by atoms with Gasteiger partial charge in [-0.1, -0.05) is 11.6 Å². The minimum atomic E-state index is -2.92. The van der Waals surface area contributed by atoms with Gasteiger partial charge in [-0.25, -0.2) is 22.9 Å². The molecule has 2 N–H and O–H groups in total. The van der Waals surface area contributed by atoms with Gasteiger partial charge in [0.15, 0.2) is 0 Å². The average Bonchev–Trinajstić information content (AvgIpc) is 3.22. The van der Waals surface area contributed by atoms with Crippen molar-refractivity contribution in [1.29, 1.82) is 0 Å². The van der Waals surface area contributed by atoms with Crippen molar-refractivity contribution in [3.8, 4) is 11.6 Å². The Kier molecular flexibility index (Phi) is 8.60. The predicted molar refractivity (Wildman–Crippen MR) is 145 cm³/mol. The van der Waals surface area contributed by atoms with Crippen molar-refractivity contribution in [2.75, 3.05) is 13.2 Å². The standard InChI is InChI=1S/C28H27ClF3N5O4/c29-17-11-21(25(26(31)32)34-14-17)27(39)35-19-4-1-16(2-5-19)15-36-23-12-18(30)3-6-22(23)37(28(36)40)20-7-8-33-24(13-20)41-10-9-38/h3,6-8,11-14,16,19,26,38H,1-2,4-5,9-10,15H2,(H,35,39)/t16-,19-. The van der Waals surface area contributed by atoms with Gasteiger partial charge in [0.2, 0.25) is 5.88 Å². The molecule has 13 heteroatoms. The molecule has 0 unspecified atom stereocenters. The minimum absolute atomic E-state index is 0.0464. The third-order valence-corrected chi connectivity index (χ3v) is 7.38. The van der Waals surface area contributed by atoms with E-state index in [1.54, 1.807) is 22.8 Å². The number of amides is 1. The molecule has 41 heavy (non-hydrogen) atoms. The third kappa shape index (κ3) is 6.23. The molecule has 9 nitrogen and oxygen atoms in total. The monoisotopic (exact) mass is 589 g/mol. The zero-order valence-electron chi connectivity index (χ0n) is 21.8. The Balaban J connectivity index is 1.33. The van der Waals surface area contributed by atoms with Gasteiger partial charge in [0.05, 0.1) is 33.9 Å². The van der Waals surface area contributed by atoms with Crippen molar-refractivity contribution in [3.05, 3.63) is 81.4 Å². The van der Waals surface area contributed by atoms with E-state index in [0.717, 1.165) is 6.20 Å². The number of pyridine rings is 2. The predicted octanol–water partition coefficient (Wildman–Crippen LogP) is 4.67. The van der Waals surface area contributed by atoms with Crippen molar-refractivity contribution in [1.82, 2.24) is 24.4 Å². The molecule has 1 amide bonds. The van der Waals surface area contributed by atoms with Gasteiger partial charge >= 0.3 is 5.69 Å². The maximum atomic E-state index is 14.3. The highest BCUT2D eigenvalue weighted by molar-refractivity contribution is 6.30. The fraction of sp³-hybridized carbons (Fsp3) is 0.357. The summed E-state index contributed by atoms with van der Waals surface area (Å²) in [5.41, 5.74) is 0.211. The van der Waals surface area contributed by atoms with Crippen LogP contribution in [-0.4, -0.2) is 49.4 Å². The van der Waals surface area contributed by atoms with E-state index in [1.807, 2.05) is 0 Å². The molecule has 3 aromatic heterocycles. The van der Waals surface area contributed by atoms with E-state index in [2.05, 4.69) is 15.3 Å². The molecule has 4 aromatic rings. The smallest absolute Gasteiger partial charge is 0.333 e. The molecule has 1 saturated carbocycles. The fourth-order valence-electron chi connectivity index (χ4n) is 5.24. The molecule has 5 rings (SSSR count). The van der Waals surface area contributed by atoms with Crippen LogP contribution in [0, 0.1) is 11.7 Å². The number of aromatic nitrogens is 4. The highest BCUT2D eigenvalue weighted by Gasteiger charge is 2.27. The molecule has 1 aromatic carbocycles. The number of benzene rings is 1. The van der Waals surface area contributed by atoms with Gasteiger partial charge in [-0.2, -0.15) is 0 Å². The molecular formula is C28H27ClF3N5O4. The van der Waals surface area contributed by atoms with Gasteiger partial charge in [-0.15, -0.1) is 0 Å². The first-order valence-electron chi connectivity index (χ1n) is 13.1. The second-order valence-corrected chi connectivity index (χ2v) is 10.3. The van der Waals surface area contributed by atoms with E-state index in [0.29, 0.717) is 48.9 Å². The van der Waals surface area contributed by atoms with Crippen LogP contribution in [0.2, 0.25) is 5.02 Å². The Morgan fingerprint density at radius 3 is 2.63 bits per heavy atom. The van der Waals surface area contributed by atoms with Crippen LogP contribution in [0.25, 0.3) is 16.7 Å². The van der Waals surface area contributed by atoms with E-state index in [-0.39, 0.29) is 47.3 Å². The minimum Gasteiger partial charge on any atom is -0.475 e. The first-order chi connectivity index (χ1) is 19.7. The van der Waals surface area contributed by atoms with Crippen molar-refractivity contribution < 1.29 is 27.8 Å². The number of nitrogens with one attached hydrogen (secondary N) is 1. The zero-order valence-corrected chi connectivity index (χ0v) is 22.5. The number of halogens is 4. The molecule has 0 radical (unpaired) electrons. The Bertz CT molecular complexity index is 1620. The number of ether oxygens (including phenoxy) is 1. The maximum absolute atomic E-state index is 14.3. The highest BCUT2D eigenvalue weighted by Crippen LogP contribution is 2.29. The van der Waals surface area contributed by atoms with Crippen molar-refractivity contribution >= 4 is 28.5 Å². The normalized spacial score (nSPS) is 17.2. The number of nitrogens with zero attached hydrogens (tertiary/aromatic N) is 4. The van der Waals surface area contributed by atoms with Gasteiger partial charge < -0.3 is 15.2 Å². The summed E-state index contributed by atoms with van der Waals surface area (Å²) < 4.78 is 49.4.